The van der Waals surface area contributed by atoms with E-state index in [4.69, 9.17) is 8.83 Å². The zero-order valence-electron chi connectivity index (χ0n) is 19.1. The molecule has 0 radical (unpaired) electrons. The summed E-state index contributed by atoms with van der Waals surface area (Å²) in [5.74, 6) is 0. The Kier molecular flexibility index (Phi) is 9.17. The largest absolute Gasteiger partial charge is 2.00 e. The van der Waals surface area contributed by atoms with E-state index in [1.54, 1.807) is 12.5 Å². The monoisotopic (exact) mass is 494 g/mol. The molecule has 2 aromatic heterocycles. The van der Waals surface area contributed by atoms with Gasteiger partial charge in [0.1, 0.15) is 0 Å². The van der Waals surface area contributed by atoms with Crippen molar-refractivity contribution in [3.8, 4) is 0 Å². The van der Waals surface area contributed by atoms with Gasteiger partial charge in [-0.25, -0.2) is 24.3 Å². The normalized spacial score (nSPS) is 12.3. The fourth-order valence-electron chi connectivity index (χ4n) is 3.17. The Morgan fingerprint density at radius 3 is 1.35 bits per heavy atom. The first kappa shape index (κ1) is 25.9. The van der Waals surface area contributed by atoms with E-state index < -0.39 is 0 Å². The molecule has 0 saturated heterocycles. The molecular formula is C26H32FeO2P2. The van der Waals surface area contributed by atoms with E-state index in [0.717, 1.165) is 11.0 Å². The third-order valence-electron chi connectivity index (χ3n) is 4.79. The molecule has 5 heteroatoms. The van der Waals surface area contributed by atoms with E-state index in [2.05, 4.69) is 102 Å². The van der Waals surface area contributed by atoms with E-state index in [9.17, 15) is 0 Å². The van der Waals surface area contributed by atoms with Gasteiger partial charge in [0.15, 0.2) is 12.5 Å². The minimum Gasteiger partial charge on any atom is -0.345 e. The molecule has 0 amide bonds. The van der Waals surface area contributed by atoms with Crippen molar-refractivity contribution in [2.75, 3.05) is 0 Å². The summed E-state index contributed by atoms with van der Waals surface area (Å²) in [7, 11) is 1.26. The van der Waals surface area contributed by atoms with Gasteiger partial charge in [0, 0.05) is 0 Å². The molecule has 2 heterocycles. The second-order valence-corrected chi connectivity index (χ2v) is 12.0. The minimum absolute atomic E-state index is 0. The van der Waals surface area contributed by atoms with Gasteiger partial charge in [0.25, 0.3) is 0 Å². The molecule has 2 unspecified atom stereocenters. The molecule has 0 aliphatic rings. The molecule has 4 aromatic rings. The summed E-state index contributed by atoms with van der Waals surface area (Å²) in [4.78, 5) is 0. The van der Waals surface area contributed by atoms with Gasteiger partial charge in [-0.05, 0) is 28.0 Å². The molecule has 2 nitrogen and oxygen atoms in total. The van der Waals surface area contributed by atoms with Gasteiger partial charge in [-0.1, -0.05) is 52.7 Å². The predicted molar refractivity (Wildman–Crippen MR) is 134 cm³/mol. The summed E-state index contributed by atoms with van der Waals surface area (Å²) >= 11 is 0. The van der Waals surface area contributed by atoms with Crippen LogP contribution in [0.15, 0.2) is 82.0 Å². The Labute approximate surface area is 201 Å². The average Bonchev–Trinajstić information content (AvgIpc) is 3.43. The molecule has 4 rings (SSSR count). The third-order valence-corrected chi connectivity index (χ3v) is 7.26. The van der Waals surface area contributed by atoms with Crippen LogP contribution in [0.1, 0.15) is 52.7 Å². The number of furan rings is 2. The maximum Gasteiger partial charge on any atom is 2.00 e. The summed E-state index contributed by atoms with van der Waals surface area (Å²) in [6.45, 7) is 13.3. The fraction of sp³-hybridized carbons (Fsp3) is 0.308. The first-order valence-electron chi connectivity index (χ1n) is 10.3. The smallest absolute Gasteiger partial charge is 0.345 e. The van der Waals surface area contributed by atoms with Crippen LogP contribution in [0.4, 0.5) is 0 Å². The van der Waals surface area contributed by atoms with E-state index >= 15 is 0 Å². The van der Waals surface area contributed by atoms with Crippen LogP contribution in [0.5, 0.6) is 0 Å². The topological polar surface area (TPSA) is 22.6 Å². The standard InChI is InChI=1S/2C13H16OP.Fe/c2*1-13(2,3)11-8-9-14-12(11)15-10-6-4-5-7-10;/h2*4-9,15H,1-3H3;/q2*-1;+2. The molecule has 2 aromatic carbocycles. The molecule has 0 N–H and O–H groups in total. The summed E-state index contributed by atoms with van der Waals surface area (Å²) in [6, 6.07) is 21.0. The first-order chi connectivity index (χ1) is 14.1. The van der Waals surface area contributed by atoms with E-state index in [1.807, 2.05) is 0 Å². The Morgan fingerprint density at radius 2 is 1.06 bits per heavy atom. The summed E-state index contributed by atoms with van der Waals surface area (Å²) in [5.41, 5.74) is 5.22. The maximum absolute atomic E-state index is 5.58. The molecule has 0 spiro atoms. The molecule has 2 atom stereocenters. The summed E-state index contributed by atoms with van der Waals surface area (Å²) < 4.78 is 11.2. The number of rotatable bonds is 4. The quantitative estimate of drug-likeness (QED) is 0.154. The van der Waals surface area contributed by atoms with Gasteiger partial charge < -0.3 is 8.83 Å². The van der Waals surface area contributed by atoms with Crippen LogP contribution in [-0.4, -0.2) is 0 Å². The molecular weight excluding hydrogens is 462 g/mol. The van der Waals surface area contributed by atoms with Crippen LogP contribution in [0.3, 0.4) is 0 Å². The minimum atomic E-state index is 0. The van der Waals surface area contributed by atoms with Gasteiger partial charge >= 0.3 is 17.1 Å². The van der Waals surface area contributed by atoms with Gasteiger partial charge in [-0.3, -0.25) is 0 Å². The van der Waals surface area contributed by atoms with Crippen LogP contribution < -0.4 is 21.6 Å². The van der Waals surface area contributed by atoms with Gasteiger partial charge in [-0.15, -0.1) is 22.7 Å². The Balaban J connectivity index is 0.000000213. The molecule has 31 heavy (non-hydrogen) atoms. The Hall–Kier alpha value is -1.36. The zero-order chi connectivity index (χ0) is 21.8. The van der Waals surface area contributed by atoms with Crippen molar-refractivity contribution in [3.63, 3.8) is 0 Å². The van der Waals surface area contributed by atoms with Crippen LogP contribution in [0.25, 0.3) is 0 Å². The number of hydrogen-bond donors (Lipinski definition) is 0. The number of hydrogen-bond acceptors (Lipinski definition) is 0. The van der Waals surface area contributed by atoms with Crippen LogP contribution in [-0.2, 0) is 27.9 Å². The second-order valence-electron chi connectivity index (χ2n) is 9.42. The maximum atomic E-state index is 5.58. The first-order valence-corrected chi connectivity index (χ1v) is 12.3. The van der Waals surface area contributed by atoms with Crippen molar-refractivity contribution in [1.82, 2.24) is 0 Å². The average molecular weight is 494 g/mol. The molecule has 0 saturated carbocycles. The van der Waals surface area contributed by atoms with Crippen molar-refractivity contribution in [1.29, 1.82) is 0 Å². The molecule has 0 aliphatic carbocycles. The predicted octanol–water partition coefficient (Wildman–Crippen LogP) is 5.85. The van der Waals surface area contributed by atoms with Crippen molar-refractivity contribution >= 4 is 38.8 Å². The van der Waals surface area contributed by atoms with Crippen LogP contribution in [0.2, 0.25) is 0 Å². The SMILES string of the molecule is CC(C)(C)c1cc[o+][c-]1Pc1ccc[cH-]1.CC(C)(C)c1cc[o+][c-]1Pc1ccc[cH-]1.[Fe+2]. The molecule has 0 aliphatic heterocycles. The molecule has 166 valence electrons. The fourth-order valence-corrected chi connectivity index (χ4v) is 5.85. The van der Waals surface area contributed by atoms with E-state index in [-0.39, 0.29) is 27.9 Å². The van der Waals surface area contributed by atoms with E-state index in [0.29, 0.717) is 17.2 Å². The van der Waals surface area contributed by atoms with Gasteiger partial charge in [0.05, 0.1) is 0 Å². The van der Waals surface area contributed by atoms with E-state index in [1.165, 1.54) is 21.7 Å². The third kappa shape index (κ3) is 7.33. The summed E-state index contributed by atoms with van der Waals surface area (Å²) in [6.07, 6.45) is 3.59. The van der Waals surface area contributed by atoms with Crippen molar-refractivity contribution in [3.05, 3.63) is 84.3 Å². The Morgan fingerprint density at radius 1 is 0.677 bits per heavy atom. The van der Waals surface area contributed by atoms with Crippen molar-refractivity contribution in [2.24, 2.45) is 0 Å². The summed E-state index contributed by atoms with van der Waals surface area (Å²) in [5, 5.41) is 2.69. The molecule has 0 bridgehead atoms. The van der Waals surface area contributed by atoms with Crippen LogP contribution >= 0.6 is 17.2 Å². The second kappa shape index (κ2) is 11.0. The van der Waals surface area contributed by atoms with Crippen LogP contribution in [0, 0.1) is 0 Å². The van der Waals surface area contributed by atoms with Crippen molar-refractivity contribution in [2.45, 2.75) is 52.4 Å². The zero-order valence-corrected chi connectivity index (χ0v) is 22.2. The van der Waals surface area contributed by atoms with Gasteiger partial charge in [-0.2, -0.15) is 24.3 Å². The molecule has 0 fully saturated rings. The van der Waals surface area contributed by atoms with Gasteiger partial charge in [0.2, 0.25) is 11.0 Å². The Bertz CT molecular complexity index is 926. The van der Waals surface area contributed by atoms with Crippen molar-refractivity contribution < 1.29 is 25.9 Å².